The molecular formula is C14H28N2. The maximum Gasteiger partial charge on any atom is 0.0235 e. The van der Waals surface area contributed by atoms with Gasteiger partial charge in [0.05, 0.1) is 0 Å². The van der Waals surface area contributed by atoms with Crippen molar-refractivity contribution in [3.8, 4) is 0 Å². The van der Waals surface area contributed by atoms with E-state index in [1.54, 1.807) is 0 Å². The summed E-state index contributed by atoms with van der Waals surface area (Å²) in [7, 11) is 0. The quantitative estimate of drug-likeness (QED) is 0.772. The molecule has 0 radical (unpaired) electrons. The minimum atomic E-state index is 0.812. The van der Waals surface area contributed by atoms with E-state index in [1.165, 1.54) is 58.2 Å². The molecule has 1 aliphatic carbocycles. The van der Waals surface area contributed by atoms with Crippen LogP contribution in [0.2, 0.25) is 0 Å². The van der Waals surface area contributed by atoms with Gasteiger partial charge in [0.15, 0.2) is 0 Å². The second-order valence-electron chi connectivity index (χ2n) is 5.67. The predicted octanol–water partition coefficient (Wildman–Crippen LogP) is 2.64. The fourth-order valence-electron chi connectivity index (χ4n) is 3.61. The van der Waals surface area contributed by atoms with Crippen LogP contribution in [0, 0.1) is 5.92 Å². The van der Waals surface area contributed by atoms with Crippen molar-refractivity contribution in [2.45, 2.75) is 64.5 Å². The summed E-state index contributed by atoms with van der Waals surface area (Å²) in [6.07, 6.45) is 8.55. The summed E-state index contributed by atoms with van der Waals surface area (Å²) in [4.78, 5) is 2.80. The summed E-state index contributed by atoms with van der Waals surface area (Å²) < 4.78 is 0. The summed E-state index contributed by atoms with van der Waals surface area (Å²) >= 11 is 0. The first-order chi connectivity index (χ1) is 7.83. The molecule has 1 heterocycles. The van der Waals surface area contributed by atoms with E-state index in [1.807, 2.05) is 0 Å². The zero-order chi connectivity index (χ0) is 11.4. The zero-order valence-electron chi connectivity index (χ0n) is 11.0. The number of hydrogen-bond donors (Lipinski definition) is 1. The van der Waals surface area contributed by atoms with Gasteiger partial charge in [0, 0.05) is 18.6 Å². The van der Waals surface area contributed by atoms with Gasteiger partial charge in [-0.25, -0.2) is 0 Å². The first kappa shape index (κ1) is 12.4. The SMILES string of the molecule is CCCN(C1CCNC1)C(C)C1CCCC1. The van der Waals surface area contributed by atoms with Crippen molar-refractivity contribution in [1.29, 1.82) is 0 Å². The third-order valence-corrected chi connectivity index (χ3v) is 4.59. The summed E-state index contributed by atoms with van der Waals surface area (Å²) in [5.41, 5.74) is 0. The molecule has 2 unspecified atom stereocenters. The molecule has 94 valence electrons. The van der Waals surface area contributed by atoms with Crippen LogP contribution in [0.25, 0.3) is 0 Å². The van der Waals surface area contributed by atoms with Gasteiger partial charge >= 0.3 is 0 Å². The average molecular weight is 224 g/mol. The Labute approximate surface area is 101 Å². The Balaban J connectivity index is 1.93. The van der Waals surface area contributed by atoms with E-state index >= 15 is 0 Å². The molecule has 0 spiro atoms. The molecule has 1 N–H and O–H groups in total. The standard InChI is InChI=1S/C14H28N2/c1-3-10-16(14-8-9-15-11-14)12(2)13-6-4-5-7-13/h12-15H,3-11H2,1-2H3. The third kappa shape index (κ3) is 2.78. The Kier molecular flexibility index (Phi) is 4.66. The number of nitrogens with zero attached hydrogens (tertiary/aromatic N) is 1. The van der Waals surface area contributed by atoms with Gasteiger partial charge in [-0.15, -0.1) is 0 Å². The van der Waals surface area contributed by atoms with Gasteiger partial charge in [-0.1, -0.05) is 19.8 Å². The molecule has 2 fully saturated rings. The molecule has 0 amide bonds. The van der Waals surface area contributed by atoms with Crippen molar-refractivity contribution in [3.63, 3.8) is 0 Å². The van der Waals surface area contributed by atoms with Crippen LogP contribution < -0.4 is 5.32 Å². The van der Waals surface area contributed by atoms with Crippen LogP contribution in [0.15, 0.2) is 0 Å². The molecular weight excluding hydrogens is 196 g/mol. The third-order valence-electron chi connectivity index (χ3n) is 4.59. The molecule has 1 saturated heterocycles. The Bertz CT molecular complexity index is 193. The van der Waals surface area contributed by atoms with Crippen LogP contribution in [0.1, 0.15) is 52.4 Å². The van der Waals surface area contributed by atoms with Crippen molar-refractivity contribution in [2.75, 3.05) is 19.6 Å². The van der Waals surface area contributed by atoms with E-state index in [0.29, 0.717) is 0 Å². The lowest BCUT2D eigenvalue weighted by molar-refractivity contribution is 0.111. The molecule has 2 nitrogen and oxygen atoms in total. The highest BCUT2D eigenvalue weighted by molar-refractivity contribution is 4.87. The van der Waals surface area contributed by atoms with Gasteiger partial charge in [-0.2, -0.15) is 0 Å². The fourth-order valence-corrected chi connectivity index (χ4v) is 3.61. The second-order valence-corrected chi connectivity index (χ2v) is 5.67. The topological polar surface area (TPSA) is 15.3 Å². The first-order valence-electron chi connectivity index (χ1n) is 7.29. The molecule has 1 saturated carbocycles. The molecule has 2 atom stereocenters. The van der Waals surface area contributed by atoms with Crippen LogP contribution in [0.4, 0.5) is 0 Å². The molecule has 2 heteroatoms. The lowest BCUT2D eigenvalue weighted by Gasteiger charge is -2.37. The molecule has 1 aliphatic heterocycles. The highest BCUT2D eigenvalue weighted by atomic mass is 15.2. The molecule has 2 rings (SSSR count). The highest BCUT2D eigenvalue weighted by Crippen LogP contribution is 2.31. The molecule has 0 aromatic carbocycles. The Hall–Kier alpha value is -0.0800. The van der Waals surface area contributed by atoms with Crippen molar-refractivity contribution in [3.05, 3.63) is 0 Å². The van der Waals surface area contributed by atoms with Gasteiger partial charge in [0.2, 0.25) is 0 Å². The second kappa shape index (κ2) is 6.02. The van der Waals surface area contributed by atoms with Gasteiger partial charge in [0.25, 0.3) is 0 Å². The average Bonchev–Trinajstić information content (AvgIpc) is 2.96. The molecule has 0 aromatic heterocycles. The van der Waals surface area contributed by atoms with E-state index in [0.717, 1.165) is 18.0 Å². The van der Waals surface area contributed by atoms with Crippen LogP contribution in [0.3, 0.4) is 0 Å². The minimum absolute atomic E-state index is 0.812. The van der Waals surface area contributed by atoms with E-state index < -0.39 is 0 Å². The van der Waals surface area contributed by atoms with E-state index in [9.17, 15) is 0 Å². The number of rotatable bonds is 5. The largest absolute Gasteiger partial charge is 0.315 e. The van der Waals surface area contributed by atoms with Crippen molar-refractivity contribution < 1.29 is 0 Å². The fraction of sp³-hybridized carbons (Fsp3) is 1.00. The van der Waals surface area contributed by atoms with E-state index in [4.69, 9.17) is 0 Å². The van der Waals surface area contributed by atoms with Crippen LogP contribution >= 0.6 is 0 Å². The van der Waals surface area contributed by atoms with E-state index in [-0.39, 0.29) is 0 Å². The van der Waals surface area contributed by atoms with Crippen molar-refractivity contribution >= 4 is 0 Å². The molecule has 0 aromatic rings. The normalized spacial score (nSPS) is 29.1. The molecule has 16 heavy (non-hydrogen) atoms. The Morgan fingerprint density at radius 1 is 1.25 bits per heavy atom. The molecule has 2 aliphatic rings. The highest BCUT2D eigenvalue weighted by Gasteiger charge is 2.31. The smallest absolute Gasteiger partial charge is 0.0235 e. The first-order valence-corrected chi connectivity index (χ1v) is 7.29. The van der Waals surface area contributed by atoms with Crippen molar-refractivity contribution in [1.82, 2.24) is 10.2 Å². The van der Waals surface area contributed by atoms with Gasteiger partial charge in [-0.05, 0) is 51.6 Å². The van der Waals surface area contributed by atoms with Crippen molar-refractivity contribution in [2.24, 2.45) is 5.92 Å². The maximum atomic E-state index is 3.52. The van der Waals surface area contributed by atoms with Gasteiger partial charge in [-0.3, -0.25) is 4.90 Å². The van der Waals surface area contributed by atoms with Gasteiger partial charge in [0.1, 0.15) is 0 Å². The summed E-state index contributed by atoms with van der Waals surface area (Å²) in [5, 5.41) is 3.52. The van der Waals surface area contributed by atoms with Gasteiger partial charge < -0.3 is 5.32 Å². The van der Waals surface area contributed by atoms with E-state index in [2.05, 4.69) is 24.1 Å². The lowest BCUT2D eigenvalue weighted by Crippen LogP contribution is -2.46. The Morgan fingerprint density at radius 3 is 2.56 bits per heavy atom. The van der Waals surface area contributed by atoms with Crippen LogP contribution in [-0.2, 0) is 0 Å². The molecule has 0 bridgehead atoms. The summed E-state index contributed by atoms with van der Waals surface area (Å²) in [6.45, 7) is 8.53. The number of nitrogens with one attached hydrogen (secondary N) is 1. The van der Waals surface area contributed by atoms with Crippen LogP contribution in [0.5, 0.6) is 0 Å². The monoisotopic (exact) mass is 224 g/mol. The zero-order valence-corrected chi connectivity index (χ0v) is 11.0. The summed E-state index contributed by atoms with van der Waals surface area (Å²) in [5.74, 6) is 0.979. The number of hydrogen-bond acceptors (Lipinski definition) is 2. The maximum absolute atomic E-state index is 3.52. The Morgan fingerprint density at radius 2 is 2.00 bits per heavy atom. The minimum Gasteiger partial charge on any atom is -0.315 e. The van der Waals surface area contributed by atoms with Crippen LogP contribution in [-0.4, -0.2) is 36.6 Å². The lowest BCUT2D eigenvalue weighted by atomic mass is 9.96. The predicted molar refractivity (Wildman–Crippen MR) is 69.7 cm³/mol. The summed E-state index contributed by atoms with van der Waals surface area (Å²) in [6, 6.07) is 1.63.